The van der Waals surface area contributed by atoms with Gasteiger partial charge in [0.15, 0.2) is 17.5 Å². The summed E-state index contributed by atoms with van der Waals surface area (Å²) >= 11 is 0. The van der Waals surface area contributed by atoms with Crippen molar-refractivity contribution in [2.45, 2.75) is 0 Å². The lowest BCUT2D eigenvalue weighted by Gasteiger charge is -2.23. The van der Waals surface area contributed by atoms with Gasteiger partial charge in [0.25, 0.3) is 0 Å². The molecule has 0 saturated carbocycles. The third kappa shape index (κ3) is 3.55. The molecule has 3 rings (SSSR count). The van der Waals surface area contributed by atoms with Crippen LogP contribution in [-0.4, -0.2) is 49.1 Å². The van der Waals surface area contributed by atoms with Crippen molar-refractivity contribution in [3.63, 3.8) is 0 Å². The Labute approximate surface area is 146 Å². The summed E-state index contributed by atoms with van der Waals surface area (Å²) in [5.74, 6) is -6.47. The van der Waals surface area contributed by atoms with Crippen LogP contribution in [0.15, 0.2) is 30.5 Å². The van der Waals surface area contributed by atoms with Crippen LogP contribution in [0.3, 0.4) is 0 Å². The van der Waals surface area contributed by atoms with E-state index in [2.05, 4.69) is 4.98 Å². The SMILES string of the molecule is CN1CC(=O)OB(c2cc(-c3ccccn3)c(F)c(F)c2F)OC(=O)C1. The second kappa shape index (κ2) is 7.16. The van der Waals surface area contributed by atoms with E-state index in [4.69, 9.17) is 9.31 Å². The molecule has 1 fully saturated rings. The van der Waals surface area contributed by atoms with Gasteiger partial charge in [-0.05, 0) is 25.2 Å². The van der Waals surface area contributed by atoms with E-state index in [0.717, 1.165) is 6.07 Å². The molecule has 1 saturated heterocycles. The average Bonchev–Trinajstić information content (AvgIpc) is 2.59. The van der Waals surface area contributed by atoms with Gasteiger partial charge >= 0.3 is 19.1 Å². The van der Waals surface area contributed by atoms with E-state index in [1.807, 2.05) is 0 Å². The first-order chi connectivity index (χ1) is 12.4. The van der Waals surface area contributed by atoms with Gasteiger partial charge in [0.2, 0.25) is 0 Å². The summed E-state index contributed by atoms with van der Waals surface area (Å²) in [6, 6.07) is 5.41. The topological polar surface area (TPSA) is 68.7 Å². The smallest absolute Gasteiger partial charge is 0.494 e. The normalized spacial score (nSPS) is 15.9. The average molecular weight is 364 g/mol. The van der Waals surface area contributed by atoms with Gasteiger partial charge in [-0.2, -0.15) is 0 Å². The second-order valence-corrected chi connectivity index (χ2v) is 5.65. The van der Waals surface area contributed by atoms with Crippen molar-refractivity contribution in [2.24, 2.45) is 0 Å². The molecular weight excluding hydrogens is 352 g/mol. The van der Waals surface area contributed by atoms with Gasteiger partial charge < -0.3 is 9.31 Å². The molecule has 26 heavy (non-hydrogen) atoms. The first-order valence-electron chi connectivity index (χ1n) is 7.53. The van der Waals surface area contributed by atoms with Crippen molar-refractivity contribution in [3.05, 3.63) is 47.9 Å². The van der Waals surface area contributed by atoms with E-state index in [-0.39, 0.29) is 24.3 Å². The summed E-state index contributed by atoms with van der Waals surface area (Å²) < 4.78 is 52.3. The van der Waals surface area contributed by atoms with E-state index >= 15 is 0 Å². The van der Waals surface area contributed by atoms with Crippen LogP contribution in [0.2, 0.25) is 0 Å². The van der Waals surface area contributed by atoms with E-state index in [1.54, 1.807) is 6.07 Å². The minimum Gasteiger partial charge on any atom is -0.494 e. The zero-order valence-corrected chi connectivity index (χ0v) is 13.5. The highest BCUT2D eigenvalue weighted by atomic mass is 19.2. The molecular formula is C16H12BF3N2O4. The lowest BCUT2D eigenvalue weighted by Crippen LogP contribution is -2.49. The molecule has 1 aliphatic rings. The number of rotatable bonds is 2. The van der Waals surface area contributed by atoms with Gasteiger partial charge in [-0.1, -0.05) is 6.07 Å². The first kappa shape index (κ1) is 17.9. The Kier molecular flexibility index (Phi) is 4.94. The highest BCUT2D eigenvalue weighted by Crippen LogP contribution is 2.24. The Bertz CT molecular complexity index is 846. The van der Waals surface area contributed by atoms with Crippen LogP contribution in [-0.2, 0) is 18.9 Å². The summed E-state index contributed by atoms with van der Waals surface area (Å²) in [6.07, 6.45) is 1.35. The van der Waals surface area contributed by atoms with Crippen molar-refractivity contribution in [2.75, 3.05) is 20.1 Å². The molecule has 1 aromatic carbocycles. The monoisotopic (exact) mass is 364 g/mol. The number of halogens is 3. The zero-order valence-electron chi connectivity index (χ0n) is 13.5. The Morgan fingerprint density at radius 2 is 1.69 bits per heavy atom. The molecule has 0 spiro atoms. The van der Waals surface area contributed by atoms with Crippen molar-refractivity contribution in [3.8, 4) is 11.3 Å². The standard InChI is InChI=1S/C16H12BF3N2O4/c1-22-7-12(23)25-17(26-13(24)8-22)10-6-9(11-4-2-3-5-21-11)14(18)16(20)15(10)19/h2-6H,7-8H2,1H3. The van der Waals surface area contributed by atoms with Crippen LogP contribution in [0.25, 0.3) is 11.3 Å². The van der Waals surface area contributed by atoms with Crippen LogP contribution in [0.5, 0.6) is 0 Å². The molecule has 0 bridgehead atoms. The molecule has 0 radical (unpaired) electrons. The van der Waals surface area contributed by atoms with Crippen molar-refractivity contribution in [1.29, 1.82) is 0 Å². The van der Waals surface area contributed by atoms with Crippen molar-refractivity contribution >= 4 is 24.5 Å². The summed E-state index contributed by atoms with van der Waals surface area (Å²) in [5.41, 5.74) is -0.935. The van der Waals surface area contributed by atoms with E-state index in [1.165, 1.54) is 30.3 Å². The highest BCUT2D eigenvalue weighted by Gasteiger charge is 2.38. The van der Waals surface area contributed by atoms with Crippen molar-refractivity contribution < 1.29 is 32.1 Å². The predicted molar refractivity (Wildman–Crippen MR) is 84.6 cm³/mol. The number of hydrogen-bond donors (Lipinski definition) is 0. The third-order valence-electron chi connectivity index (χ3n) is 3.64. The summed E-state index contributed by atoms with van der Waals surface area (Å²) in [5, 5.41) is 0. The molecule has 1 aliphatic heterocycles. The van der Waals surface area contributed by atoms with Gasteiger partial charge in [-0.15, -0.1) is 0 Å². The summed E-state index contributed by atoms with van der Waals surface area (Å²) in [4.78, 5) is 28.8. The van der Waals surface area contributed by atoms with Crippen molar-refractivity contribution in [1.82, 2.24) is 9.88 Å². The van der Waals surface area contributed by atoms with Gasteiger partial charge in [0.1, 0.15) is 0 Å². The molecule has 10 heteroatoms. The predicted octanol–water partition coefficient (Wildman–Crippen LogP) is 0.893. The minimum atomic E-state index is -1.83. The zero-order chi connectivity index (χ0) is 18.8. The van der Waals surface area contributed by atoms with E-state index < -0.39 is 42.0 Å². The minimum absolute atomic E-state index is 0.0355. The lowest BCUT2D eigenvalue weighted by atomic mass is 9.76. The fraction of sp³-hybridized carbons (Fsp3) is 0.188. The van der Waals surface area contributed by atoms with Gasteiger partial charge in [-0.25, -0.2) is 13.2 Å². The molecule has 6 nitrogen and oxygen atoms in total. The second-order valence-electron chi connectivity index (χ2n) is 5.65. The number of hydrogen-bond acceptors (Lipinski definition) is 6. The molecule has 0 aliphatic carbocycles. The van der Waals surface area contributed by atoms with E-state index in [9.17, 15) is 22.8 Å². The summed E-state index contributed by atoms with van der Waals surface area (Å²) in [6.45, 7) is -0.492. The number of aromatic nitrogens is 1. The third-order valence-corrected chi connectivity index (χ3v) is 3.64. The van der Waals surface area contributed by atoms with Gasteiger partial charge in [0, 0.05) is 11.8 Å². The van der Waals surface area contributed by atoms with Crippen LogP contribution in [0.4, 0.5) is 13.2 Å². The fourth-order valence-corrected chi connectivity index (χ4v) is 2.46. The molecule has 0 unspecified atom stereocenters. The lowest BCUT2D eigenvalue weighted by molar-refractivity contribution is -0.145. The Balaban J connectivity index is 2.07. The number of benzene rings is 1. The number of carbonyl (C=O) groups is 2. The molecule has 2 heterocycles. The molecule has 134 valence electrons. The van der Waals surface area contributed by atoms with E-state index in [0.29, 0.717) is 0 Å². The van der Waals surface area contributed by atoms with Crippen LogP contribution in [0.1, 0.15) is 0 Å². The van der Waals surface area contributed by atoms with Gasteiger partial charge in [-0.3, -0.25) is 19.5 Å². The first-order valence-corrected chi connectivity index (χ1v) is 7.53. The maximum absolute atomic E-state index is 14.3. The number of likely N-dealkylation sites (N-methyl/N-ethyl adjacent to an activating group) is 1. The van der Waals surface area contributed by atoms with Crippen LogP contribution < -0.4 is 5.46 Å². The molecule has 0 atom stereocenters. The Morgan fingerprint density at radius 1 is 1.04 bits per heavy atom. The molecule has 0 N–H and O–H groups in total. The Morgan fingerprint density at radius 3 is 2.27 bits per heavy atom. The maximum atomic E-state index is 14.3. The van der Waals surface area contributed by atoms with Gasteiger partial charge in [0.05, 0.1) is 24.2 Å². The molecule has 1 aromatic heterocycles. The summed E-state index contributed by atoms with van der Waals surface area (Å²) in [7, 11) is -0.346. The number of pyridine rings is 1. The van der Waals surface area contributed by atoms with Crippen LogP contribution in [0, 0.1) is 17.5 Å². The number of carbonyl (C=O) groups excluding carboxylic acids is 2. The molecule has 0 amide bonds. The highest BCUT2D eigenvalue weighted by molar-refractivity contribution is 6.64. The van der Waals surface area contributed by atoms with Crippen LogP contribution >= 0.6 is 0 Å². The Hall–Kier alpha value is -2.88. The largest absolute Gasteiger partial charge is 0.639 e. The quantitative estimate of drug-likeness (QED) is 0.583. The fourth-order valence-electron chi connectivity index (χ4n) is 2.46. The number of nitrogens with zero attached hydrogens (tertiary/aromatic N) is 2. The molecule has 2 aromatic rings. The maximum Gasteiger partial charge on any atom is 0.639 e.